The lowest BCUT2D eigenvalue weighted by Crippen LogP contribution is -2.05. The molecule has 6 heteroatoms. The summed E-state index contributed by atoms with van der Waals surface area (Å²) in [5.74, 6) is 1.16. The molecule has 0 spiro atoms. The lowest BCUT2D eigenvalue weighted by atomic mass is 10.2. The van der Waals surface area contributed by atoms with Crippen LogP contribution in [0.25, 0.3) is 0 Å². The van der Waals surface area contributed by atoms with Gasteiger partial charge in [-0.2, -0.15) is 4.98 Å². The van der Waals surface area contributed by atoms with E-state index in [2.05, 4.69) is 36.5 Å². The maximum Gasteiger partial charge on any atom is 0.224 e. The first-order chi connectivity index (χ1) is 8.69. The third-order valence-corrected chi connectivity index (χ3v) is 3.09. The molecule has 0 saturated heterocycles. The van der Waals surface area contributed by atoms with Gasteiger partial charge in [-0.25, -0.2) is 4.98 Å². The molecule has 0 aliphatic heterocycles. The summed E-state index contributed by atoms with van der Waals surface area (Å²) in [7, 11) is 1.77. The number of nitrogens with one attached hydrogen (secondary N) is 2. The molecule has 18 heavy (non-hydrogen) atoms. The Bertz CT molecular complexity index is 547. The van der Waals surface area contributed by atoms with E-state index in [0.29, 0.717) is 23.3 Å². The summed E-state index contributed by atoms with van der Waals surface area (Å²) in [5.41, 5.74) is 1.14. The molecule has 2 N–H and O–H groups in total. The van der Waals surface area contributed by atoms with Crippen molar-refractivity contribution in [3.63, 3.8) is 0 Å². The molecule has 0 aliphatic rings. The smallest absolute Gasteiger partial charge is 0.224 e. The van der Waals surface area contributed by atoms with E-state index in [-0.39, 0.29) is 0 Å². The zero-order valence-electron chi connectivity index (χ0n) is 9.74. The van der Waals surface area contributed by atoms with Gasteiger partial charge in [-0.3, -0.25) is 0 Å². The van der Waals surface area contributed by atoms with E-state index in [4.69, 9.17) is 11.6 Å². The van der Waals surface area contributed by atoms with Crippen molar-refractivity contribution in [1.29, 1.82) is 0 Å². The van der Waals surface area contributed by atoms with Gasteiger partial charge >= 0.3 is 0 Å². The maximum atomic E-state index is 6.03. The molecule has 94 valence electrons. The van der Waals surface area contributed by atoms with Gasteiger partial charge in [-0.15, -0.1) is 0 Å². The first-order valence-electron chi connectivity index (χ1n) is 5.37. The summed E-state index contributed by atoms with van der Waals surface area (Å²) >= 11 is 9.46. The quantitative estimate of drug-likeness (QED) is 0.902. The molecule has 1 heterocycles. The van der Waals surface area contributed by atoms with Crippen molar-refractivity contribution in [2.75, 3.05) is 17.7 Å². The monoisotopic (exact) mass is 326 g/mol. The van der Waals surface area contributed by atoms with Gasteiger partial charge in [-0.05, 0) is 17.7 Å². The topological polar surface area (TPSA) is 49.8 Å². The number of halogens is 2. The number of aromatic nitrogens is 2. The van der Waals surface area contributed by atoms with Crippen molar-refractivity contribution >= 4 is 39.3 Å². The van der Waals surface area contributed by atoms with Crippen molar-refractivity contribution in [3.8, 4) is 0 Å². The minimum Gasteiger partial charge on any atom is -0.365 e. The summed E-state index contributed by atoms with van der Waals surface area (Å²) in [6.07, 6.45) is 1.57. The molecule has 1 aromatic carbocycles. The second kappa shape index (κ2) is 6.02. The highest BCUT2D eigenvalue weighted by atomic mass is 79.9. The molecule has 2 rings (SSSR count). The zero-order valence-corrected chi connectivity index (χ0v) is 12.1. The van der Waals surface area contributed by atoms with Crippen LogP contribution in [0.5, 0.6) is 0 Å². The minimum atomic E-state index is 0.504. The molecule has 0 radical (unpaired) electrons. The van der Waals surface area contributed by atoms with Crippen LogP contribution in [0.1, 0.15) is 5.56 Å². The van der Waals surface area contributed by atoms with Gasteiger partial charge < -0.3 is 10.6 Å². The molecule has 0 amide bonds. The molecule has 2 aromatic rings. The Morgan fingerprint density at radius 3 is 2.94 bits per heavy atom. The van der Waals surface area contributed by atoms with E-state index in [9.17, 15) is 0 Å². The summed E-state index contributed by atoms with van der Waals surface area (Å²) in [6.45, 7) is 0.652. The van der Waals surface area contributed by atoms with Crippen LogP contribution in [-0.4, -0.2) is 17.0 Å². The second-order valence-electron chi connectivity index (χ2n) is 3.62. The van der Waals surface area contributed by atoms with Crippen LogP contribution < -0.4 is 10.6 Å². The highest BCUT2D eigenvalue weighted by Gasteiger charge is 2.04. The fourth-order valence-corrected chi connectivity index (χ4v) is 2.05. The molecule has 0 saturated carbocycles. The van der Waals surface area contributed by atoms with Crippen LogP contribution in [0.15, 0.2) is 34.9 Å². The average Bonchev–Trinajstić information content (AvgIpc) is 2.38. The molecule has 0 fully saturated rings. The molecular formula is C12H12BrClN4. The van der Waals surface area contributed by atoms with Crippen molar-refractivity contribution < 1.29 is 0 Å². The van der Waals surface area contributed by atoms with Gasteiger partial charge in [0, 0.05) is 18.1 Å². The van der Waals surface area contributed by atoms with E-state index in [1.807, 2.05) is 24.3 Å². The number of nitrogens with zero attached hydrogens (tertiary/aromatic N) is 2. The van der Waals surface area contributed by atoms with Gasteiger partial charge in [0.15, 0.2) is 5.82 Å². The molecule has 0 bridgehead atoms. The Morgan fingerprint density at radius 1 is 1.39 bits per heavy atom. The first-order valence-corrected chi connectivity index (χ1v) is 6.55. The maximum absolute atomic E-state index is 6.03. The van der Waals surface area contributed by atoms with Crippen molar-refractivity contribution in [2.45, 2.75) is 6.54 Å². The highest BCUT2D eigenvalue weighted by molar-refractivity contribution is 9.10. The minimum absolute atomic E-state index is 0.504. The van der Waals surface area contributed by atoms with Crippen LogP contribution in [0.3, 0.4) is 0 Å². The molecule has 0 atom stereocenters. The van der Waals surface area contributed by atoms with Gasteiger partial charge in [0.1, 0.15) is 5.02 Å². The number of rotatable bonds is 4. The Kier molecular flexibility index (Phi) is 4.38. The van der Waals surface area contributed by atoms with E-state index in [1.165, 1.54) is 0 Å². The second-order valence-corrected chi connectivity index (χ2v) is 4.95. The van der Waals surface area contributed by atoms with Crippen LogP contribution in [0.4, 0.5) is 11.8 Å². The first kappa shape index (κ1) is 13.1. The predicted octanol–water partition coefficient (Wildman–Crippen LogP) is 3.55. The molecule has 0 unspecified atom stereocenters. The molecule has 1 aromatic heterocycles. The standard InChI is InChI=1S/C12H12BrClN4/c1-15-12-17-7-10(14)11(18-12)16-6-8-3-2-4-9(13)5-8/h2-5,7H,6H2,1H3,(H2,15,16,17,18). The van der Waals surface area contributed by atoms with E-state index >= 15 is 0 Å². The normalized spacial score (nSPS) is 10.2. The van der Waals surface area contributed by atoms with Crippen molar-refractivity contribution in [2.24, 2.45) is 0 Å². The summed E-state index contributed by atoms with van der Waals surface area (Å²) < 4.78 is 1.05. The highest BCUT2D eigenvalue weighted by Crippen LogP contribution is 2.20. The van der Waals surface area contributed by atoms with Crippen molar-refractivity contribution in [1.82, 2.24) is 9.97 Å². The summed E-state index contributed by atoms with van der Waals surface area (Å²) in [5, 5.41) is 6.56. The number of hydrogen-bond acceptors (Lipinski definition) is 4. The number of hydrogen-bond donors (Lipinski definition) is 2. The Hall–Kier alpha value is -1.33. The van der Waals surface area contributed by atoms with Gasteiger partial charge in [0.25, 0.3) is 0 Å². The predicted molar refractivity (Wildman–Crippen MR) is 78.1 cm³/mol. The van der Waals surface area contributed by atoms with Crippen LogP contribution in [0, 0.1) is 0 Å². The fraction of sp³-hybridized carbons (Fsp3) is 0.167. The number of benzene rings is 1. The Balaban J connectivity index is 2.10. The third-order valence-electron chi connectivity index (χ3n) is 2.32. The van der Waals surface area contributed by atoms with E-state index < -0.39 is 0 Å². The Labute approximate surface area is 119 Å². The van der Waals surface area contributed by atoms with E-state index in [0.717, 1.165) is 10.0 Å². The molecular weight excluding hydrogens is 316 g/mol. The molecule has 0 aliphatic carbocycles. The van der Waals surface area contributed by atoms with Gasteiger partial charge in [-0.1, -0.05) is 39.7 Å². The number of anilines is 2. The van der Waals surface area contributed by atoms with Crippen LogP contribution in [0.2, 0.25) is 5.02 Å². The fourth-order valence-electron chi connectivity index (χ4n) is 1.44. The zero-order chi connectivity index (χ0) is 13.0. The lowest BCUT2D eigenvalue weighted by Gasteiger charge is -2.08. The van der Waals surface area contributed by atoms with E-state index in [1.54, 1.807) is 13.2 Å². The van der Waals surface area contributed by atoms with Gasteiger partial charge in [0.05, 0.1) is 6.20 Å². The van der Waals surface area contributed by atoms with Gasteiger partial charge in [0.2, 0.25) is 5.95 Å². The molecule has 4 nitrogen and oxygen atoms in total. The largest absolute Gasteiger partial charge is 0.365 e. The average molecular weight is 328 g/mol. The third kappa shape index (κ3) is 3.34. The SMILES string of the molecule is CNc1ncc(Cl)c(NCc2cccc(Br)c2)n1. The van der Waals surface area contributed by atoms with Crippen LogP contribution >= 0.6 is 27.5 Å². The summed E-state index contributed by atoms with van der Waals surface area (Å²) in [6, 6.07) is 8.05. The Morgan fingerprint density at radius 2 is 2.22 bits per heavy atom. The van der Waals surface area contributed by atoms with Crippen LogP contribution in [-0.2, 0) is 6.54 Å². The summed E-state index contributed by atoms with van der Waals surface area (Å²) in [4.78, 5) is 8.28. The lowest BCUT2D eigenvalue weighted by molar-refractivity contribution is 1.08. The van der Waals surface area contributed by atoms with Crippen molar-refractivity contribution in [3.05, 3.63) is 45.5 Å².